The second-order valence-corrected chi connectivity index (χ2v) is 3.22. The van der Waals surface area contributed by atoms with Gasteiger partial charge < -0.3 is 4.74 Å². The zero-order valence-corrected chi connectivity index (χ0v) is 8.71. The van der Waals surface area contributed by atoms with E-state index in [-0.39, 0.29) is 5.75 Å². The first-order valence-electron chi connectivity index (χ1n) is 4.53. The first-order chi connectivity index (χ1) is 7.09. The molecule has 84 valence electrons. The Kier molecular flexibility index (Phi) is 4.45. The molecule has 0 heterocycles. The average molecular weight is 216 g/mol. The number of hydrogen-bond acceptors (Lipinski definition) is 3. The summed E-state index contributed by atoms with van der Waals surface area (Å²) in [7, 11) is 3.66. The van der Waals surface area contributed by atoms with Gasteiger partial charge in [0.25, 0.3) is 0 Å². The summed E-state index contributed by atoms with van der Waals surface area (Å²) in [5, 5.41) is 1.75. The van der Waals surface area contributed by atoms with Crippen LogP contribution in [0.1, 0.15) is 5.56 Å². The normalized spacial score (nSPS) is 11.1. The van der Waals surface area contributed by atoms with Crippen LogP contribution in [-0.2, 0) is 6.54 Å². The highest BCUT2D eigenvalue weighted by Gasteiger charge is 2.08. The van der Waals surface area contributed by atoms with Crippen LogP contribution < -0.4 is 10.2 Å². The molecule has 0 aliphatic carbocycles. The number of nitrogens with one attached hydrogen (secondary N) is 1. The molecule has 1 aromatic carbocycles. The molecule has 3 nitrogen and oxygen atoms in total. The quantitative estimate of drug-likeness (QED) is 0.760. The molecule has 1 N–H and O–H groups in total. The van der Waals surface area contributed by atoms with Gasteiger partial charge in [0.1, 0.15) is 5.75 Å². The number of alkyl halides is 2. The molecule has 5 heteroatoms. The summed E-state index contributed by atoms with van der Waals surface area (Å²) in [5.74, 6) is 0.210. The highest BCUT2D eigenvalue weighted by molar-refractivity contribution is 5.33. The van der Waals surface area contributed by atoms with E-state index in [0.717, 1.165) is 0 Å². The smallest absolute Gasteiger partial charge is 0.387 e. The van der Waals surface area contributed by atoms with Crippen LogP contribution in [0.4, 0.5) is 8.78 Å². The topological polar surface area (TPSA) is 24.5 Å². The summed E-state index contributed by atoms with van der Waals surface area (Å²) in [6, 6.07) is 6.72. The van der Waals surface area contributed by atoms with Gasteiger partial charge >= 0.3 is 6.61 Å². The molecular formula is C10H14F2N2O. The SMILES string of the molecule is CN(C)NCc1ccccc1OC(F)F. The Morgan fingerprint density at radius 1 is 1.33 bits per heavy atom. The van der Waals surface area contributed by atoms with Crippen LogP contribution >= 0.6 is 0 Å². The average Bonchev–Trinajstić information content (AvgIpc) is 2.15. The molecule has 0 saturated heterocycles. The van der Waals surface area contributed by atoms with E-state index in [9.17, 15) is 8.78 Å². The Morgan fingerprint density at radius 2 is 2.00 bits per heavy atom. The van der Waals surface area contributed by atoms with Crippen molar-refractivity contribution >= 4 is 0 Å². The fourth-order valence-corrected chi connectivity index (χ4v) is 1.10. The highest BCUT2D eigenvalue weighted by atomic mass is 19.3. The van der Waals surface area contributed by atoms with Gasteiger partial charge in [-0.15, -0.1) is 0 Å². The summed E-state index contributed by atoms with van der Waals surface area (Å²) < 4.78 is 28.5. The predicted octanol–water partition coefficient (Wildman–Crippen LogP) is 1.85. The third-order valence-corrected chi connectivity index (χ3v) is 1.77. The van der Waals surface area contributed by atoms with Crippen LogP contribution in [0, 0.1) is 0 Å². The van der Waals surface area contributed by atoms with E-state index in [1.54, 1.807) is 23.2 Å². The fourth-order valence-electron chi connectivity index (χ4n) is 1.10. The zero-order valence-electron chi connectivity index (χ0n) is 8.71. The summed E-state index contributed by atoms with van der Waals surface area (Å²) in [6.07, 6.45) is 0. The molecule has 0 aliphatic heterocycles. The van der Waals surface area contributed by atoms with E-state index in [1.165, 1.54) is 6.07 Å². The van der Waals surface area contributed by atoms with E-state index in [1.807, 2.05) is 14.1 Å². The Bertz CT molecular complexity index is 305. The lowest BCUT2D eigenvalue weighted by Gasteiger charge is -2.14. The van der Waals surface area contributed by atoms with Crippen LogP contribution in [0.5, 0.6) is 5.75 Å². The third-order valence-electron chi connectivity index (χ3n) is 1.77. The van der Waals surface area contributed by atoms with Crippen LogP contribution in [0.25, 0.3) is 0 Å². The van der Waals surface area contributed by atoms with E-state index in [4.69, 9.17) is 0 Å². The summed E-state index contributed by atoms with van der Waals surface area (Å²) in [4.78, 5) is 0. The minimum absolute atomic E-state index is 0.210. The summed E-state index contributed by atoms with van der Waals surface area (Å²) in [5.41, 5.74) is 3.68. The van der Waals surface area contributed by atoms with Crippen LogP contribution in [0.15, 0.2) is 24.3 Å². The lowest BCUT2D eigenvalue weighted by Crippen LogP contribution is -2.29. The molecule has 1 aromatic rings. The minimum atomic E-state index is -2.79. The molecule has 0 atom stereocenters. The van der Waals surface area contributed by atoms with Gasteiger partial charge in [-0.2, -0.15) is 8.78 Å². The van der Waals surface area contributed by atoms with E-state index in [2.05, 4.69) is 10.2 Å². The molecule has 15 heavy (non-hydrogen) atoms. The molecule has 0 fully saturated rings. The maximum Gasteiger partial charge on any atom is 0.387 e. The standard InChI is InChI=1S/C10H14F2N2O/c1-14(2)13-7-8-5-3-4-6-9(8)15-10(11)12/h3-6,10,13H,7H2,1-2H3. The van der Waals surface area contributed by atoms with Gasteiger partial charge in [0.2, 0.25) is 0 Å². The number of ether oxygens (including phenoxy) is 1. The third kappa shape index (κ3) is 4.22. The van der Waals surface area contributed by atoms with Crippen molar-refractivity contribution in [2.75, 3.05) is 14.1 Å². The zero-order chi connectivity index (χ0) is 11.3. The molecule has 0 aliphatic rings. The summed E-state index contributed by atoms with van der Waals surface area (Å²) in [6.45, 7) is -2.33. The minimum Gasteiger partial charge on any atom is -0.434 e. The van der Waals surface area contributed by atoms with Crippen molar-refractivity contribution in [2.45, 2.75) is 13.2 Å². The van der Waals surface area contributed by atoms with Crippen molar-refractivity contribution < 1.29 is 13.5 Å². The van der Waals surface area contributed by atoms with Gasteiger partial charge in [-0.05, 0) is 6.07 Å². The maximum absolute atomic E-state index is 12.0. The Morgan fingerprint density at radius 3 is 2.60 bits per heavy atom. The molecule has 1 rings (SSSR count). The van der Waals surface area contributed by atoms with Crippen molar-refractivity contribution in [2.24, 2.45) is 0 Å². The molecule has 0 unspecified atom stereocenters. The highest BCUT2D eigenvalue weighted by Crippen LogP contribution is 2.19. The van der Waals surface area contributed by atoms with Crippen LogP contribution in [0.2, 0.25) is 0 Å². The number of hydrogen-bond donors (Lipinski definition) is 1. The largest absolute Gasteiger partial charge is 0.434 e. The molecule has 0 amide bonds. The molecule has 0 spiro atoms. The van der Waals surface area contributed by atoms with Crippen molar-refractivity contribution in [3.8, 4) is 5.75 Å². The number of benzene rings is 1. The van der Waals surface area contributed by atoms with Gasteiger partial charge in [-0.25, -0.2) is 0 Å². The van der Waals surface area contributed by atoms with Crippen molar-refractivity contribution in [1.82, 2.24) is 10.4 Å². The van der Waals surface area contributed by atoms with E-state index >= 15 is 0 Å². The molecule has 0 saturated carbocycles. The number of para-hydroxylation sites is 1. The predicted molar refractivity (Wildman–Crippen MR) is 53.6 cm³/mol. The first kappa shape index (κ1) is 11.9. The Balaban J connectivity index is 2.68. The van der Waals surface area contributed by atoms with E-state index in [0.29, 0.717) is 12.1 Å². The van der Waals surface area contributed by atoms with Gasteiger partial charge in [-0.3, -0.25) is 10.4 Å². The van der Waals surface area contributed by atoms with Crippen LogP contribution in [0.3, 0.4) is 0 Å². The number of rotatable bonds is 5. The summed E-state index contributed by atoms with van der Waals surface area (Å²) >= 11 is 0. The monoisotopic (exact) mass is 216 g/mol. The van der Waals surface area contributed by atoms with Crippen molar-refractivity contribution in [1.29, 1.82) is 0 Å². The van der Waals surface area contributed by atoms with Gasteiger partial charge in [0.05, 0.1) is 0 Å². The van der Waals surface area contributed by atoms with Gasteiger partial charge in [0, 0.05) is 26.2 Å². The fraction of sp³-hybridized carbons (Fsp3) is 0.400. The molecule has 0 aromatic heterocycles. The van der Waals surface area contributed by atoms with E-state index < -0.39 is 6.61 Å². The molecule has 0 bridgehead atoms. The Hall–Kier alpha value is -1.20. The molecule has 0 radical (unpaired) electrons. The van der Waals surface area contributed by atoms with Gasteiger partial charge in [0.15, 0.2) is 0 Å². The first-order valence-corrected chi connectivity index (χ1v) is 4.53. The Labute approximate surface area is 87.6 Å². The second kappa shape index (κ2) is 5.63. The van der Waals surface area contributed by atoms with Gasteiger partial charge in [-0.1, -0.05) is 18.2 Å². The lowest BCUT2D eigenvalue weighted by atomic mass is 10.2. The lowest BCUT2D eigenvalue weighted by molar-refractivity contribution is -0.0505. The number of hydrazine groups is 1. The number of nitrogens with zero attached hydrogens (tertiary/aromatic N) is 1. The maximum atomic E-state index is 12.0. The number of halogens is 2. The second-order valence-electron chi connectivity index (χ2n) is 3.22. The molecular weight excluding hydrogens is 202 g/mol. The van der Waals surface area contributed by atoms with Crippen molar-refractivity contribution in [3.63, 3.8) is 0 Å². The van der Waals surface area contributed by atoms with Crippen LogP contribution in [-0.4, -0.2) is 25.7 Å². The van der Waals surface area contributed by atoms with Crippen molar-refractivity contribution in [3.05, 3.63) is 29.8 Å².